The second kappa shape index (κ2) is 7.47. The summed E-state index contributed by atoms with van der Waals surface area (Å²) in [6, 6.07) is 21.3. The molecular formula is C19H23N3S. The molecular weight excluding hydrogens is 302 g/mol. The Morgan fingerprint density at radius 3 is 2.09 bits per heavy atom. The Morgan fingerprint density at radius 1 is 0.913 bits per heavy atom. The number of benzene rings is 2. The lowest BCUT2D eigenvalue weighted by atomic mass is 10.1. The van der Waals surface area contributed by atoms with Gasteiger partial charge >= 0.3 is 0 Å². The number of piperazine rings is 1. The molecule has 0 bridgehead atoms. The van der Waals surface area contributed by atoms with E-state index >= 15 is 0 Å². The van der Waals surface area contributed by atoms with Crippen molar-refractivity contribution >= 4 is 23.0 Å². The van der Waals surface area contributed by atoms with Gasteiger partial charge in [-0.15, -0.1) is 0 Å². The Bertz CT molecular complexity index is 622. The SMILES string of the molecule is C[C@@H](NC(=S)N1CCN(c2ccccc2)CC1)c1ccccc1. The van der Waals surface area contributed by atoms with Gasteiger partial charge in [0.25, 0.3) is 0 Å². The molecule has 0 aromatic heterocycles. The highest BCUT2D eigenvalue weighted by atomic mass is 32.1. The Labute approximate surface area is 143 Å². The largest absolute Gasteiger partial charge is 0.368 e. The first-order chi connectivity index (χ1) is 11.2. The Balaban J connectivity index is 1.52. The minimum atomic E-state index is 0.232. The molecule has 1 N–H and O–H groups in total. The number of nitrogens with zero attached hydrogens (tertiary/aromatic N) is 2. The van der Waals surface area contributed by atoms with Crippen LogP contribution in [0.5, 0.6) is 0 Å². The third-order valence-electron chi connectivity index (χ3n) is 4.33. The van der Waals surface area contributed by atoms with Crippen LogP contribution in [-0.4, -0.2) is 36.2 Å². The van der Waals surface area contributed by atoms with Crippen LogP contribution in [0, 0.1) is 0 Å². The van der Waals surface area contributed by atoms with Gasteiger partial charge in [0.15, 0.2) is 5.11 Å². The number of anilines is 1. The van der Waals surface area contributed by atoms with Crippen LogP contribution in [0.4, 0.5) is 5.69 Å². The lowest BCUT2D eigenvalue weighted by Crippen LogP contribution is -2.52. The van der Waals surface area contributed by atoms with Gasteiger partial charge < -0.3 is 15.1 Å². The average Bonchev–Trinajstić information content (AvgIpc) is 2.63. The van der Waals surface area contributed by atoms with Crippen molar-refractivity contribution in [1.29, 1.82) is 0 Å². The fourth-order valence-electron chi connectivity index (χ4n) is 2.91. The lowest BCUT2D eigenvalue weighted by Gasteiger charge is -2.38. The van der Waals surface area contributed by atoms with Gasteiger partial charge in [-0.1, -0.05) is 48.5 Å². The van der Waals surface area contributed by atoms with Crippen molar-refractivity contribution in [3.63, 3.8) is 0 Å². The molecule has 2 aromatic carbocycles. The molecule has 23 heavy (non-hydrogen) atoms. The highest BCUT2D eigenvalue weighted by Gasteiger charge is 2.20. The van der Waals surface area contributed by atoms with Gasteiger partial charge in [0, 0.05) is 31.9 Å². The van der Waals surface area contributed by atoms with Gasteiger partial charge in [-0.05, 0) is 36.8 Å². The maximum atomic E-state index is 5.60. The summed E-state index contributed by atoms with van der Waals surface area (Å²) in [6.45, 7) is 6.09. The Hall–Kier alpha value is -2.07. The zero-order chi connectivity index (χ0) is 16.1. The molecule has 0 amide bonds. The van der Waals surface area contributed by atoms with Crippen LogP contribution in [0.15, 0.2) is 60.7 Å². The van der Waals surface area contributed by atoms with Gasteiger partial charge in [0.05, 0.1) is 6.04 Å². The third-order valence-corrected chi connectivity index (χ3v) is 4.70. The van der Waals surface area contributed by atoms with E-state index in [4.69, 9.17) is 12.2 Å². The predicted octanol–water partition coefficient (Wildman–Crippen LogP) is 3.44. The molecule has 4 heteroatoms. The summed E-state index contributed by atoms with van der Waals surface area (Å²) in [5.41, 5.74) is 2.56. The van der Waals surface area contributed by atoms with Gasteiger partial charge in [-0.25, -0.2) is 0 Å². The van der Waals surface area contributed by atoms with E-state index in [9.17, 15) is 0 Å². The van der Waals surface area contributed by atoms with Crippen molar-refractivity contribution in [2.75, 3.05) is 31.1 Å². The molecule has 0 aliphatic carbocycles. The summed E-state index contributed by atoms with van der Waals surface area (Å²) >= 11 is 5.60. The predicted molar refractivity (Wildman–Crippen MR) is 101 cm³/mol. The monoisotopic (exact) mass is 325 g/mol. The summed E-state index contributed by atoms with van der Waals surface area (Å²) in [5.74, 6) is 0. The summed E-state index contributed by atoms with van der Waals surface area (Å²) in [7, 11) is 0. The molecule has 1 aliphatic rings. The smallest absolute Gasteiger partial charge is 0.169 e. The molecule has 3 rings (SSSR count). The van der Waals surface area contributed by atoms with Crippen LogP contribution in [0.3, 0.4) is 0 Å². The fraction of sp³-hybridized carbons (Fsp3) is 0.316. The molecule has 0 spiro atoms. The van der Waals surface area contributed by atoms with Crippen LogP contribution in [0.2, 0.25) is 0 Å². The van der Waals surface area contributed by atoms with E-state index < -0.39 is 0 Å². The van der Waals surface area contributed by atoms with Crippen molar-refractivity contribution in [3.05, 3.63) is 66.2 Å². The summed E-state index contributed by atoms with van der Waals surface area (Å²) in [5, 5.41) is 4.31. The molecule has 3 nitrogen and oxygen atoms in total. The molecule has 1 fully saturated rings. The Kier molecular flexibility index (Phi) is 5.13. The second-order valence-corrected chi connectivity index (χ2v) is 6.28. The summed E-state index contributed by atoms with van der Waals surface area (Å²) in [6.07, 6.45) is 0. The van der Waals surface area contributed by atoms with Crippen molar-refractivity contribution in [3.8, 4) is 0 Å². The normalized spacial score (nSPS) is 16.0. The number of thiocarbonyl (C=S) groups is 1. The summed E-state index contributed by atoms with van der Waals surface area (Å²) < 4.78 is 0. The number of nitrogens with one attached hydrogen (secondary N) is 1. The molecule has 1 saturated heterocycles. The average molecular weight is 325 g/mol. The lowest BCUT2D eigenvalue weighted by molar-refractivity contribution is 0.376. The molecule has 1 aliphatic heterocycles. The standard InChI is InChI=1S/C19H23N3S/c1-16(17-8-4-2-5-9-17)20-19(23)22-14-12-21(13-15-22)18-10-6-3-7-11-18/h2-11,16H,12-15H2,1H3,(H,20,23)/t16-/m1/s1. The van der Waals surface area contributed by atoms with Crippen LogP contribution in [0.25, 0.3) is 0 Å². The van der Waals surface area contributed by atoms with Crippen LogP contribution in [0.1, 0.15) is 18.5 Å². The topological polar surface area (TPSA) is 18.5 Å². The van der Waals surface area contributed by atoms with E-state index in [0.29, 0.717) is 0 Å². The van der Waals surface area contributed by atoms with Gasteiger partial charge in [0.1, 0.15) is 0 Å². The van der Waals surface area contributed by atoms with Gasteiger partial charge in [-0.3, -0.25) is 0 Å². The van der Waals surface area contributed by atoms with E-state index in [1.165, 1.54) is 11.3 Å². The Morgan fingerprint density at radius 2 is 1.48 bits per heavy atom. The first-order valence-electron chi connectivity index (χ1n) is 8.14. The number of rotatable bonds is 3. The molecule has 1 heterocycles. The van der Waals surface area contributed by atoms with Crippen LogP contribution >= 0.6 is 12.2 Å². The molecule has 0 saturated carbocycles. The van der Waals surface area contributed by atoms with E-state index in [1.807, 2.05) is 6.07 Å². The van der Waals surface area contributed by atoms with Crippen molar-refractivity contribution in [2.24, 2.45) is 0 Å². The minimum Gasteiger partial charge on any atom is -0.368 e. The van der Waals surface area contributed by atoms with Gasteiger partial charge in [0.2, 0.25) is 0 Å². The number of hydrogen-bond acceptors (Lipinski definition) is 2. The van der Waals surface area contributed by atoms with Crippen LogP contribution < -0.4 is 10.2 Å². The number of para-hydroxylation sites is 1. The van der Waals surface area contributed by atoms with Crippen molar-refractivity contribution in [2.45, 2.75) is 13.0 Å². The zero-order valence-electron chi connectivity index (χ0n) is 13.5. The van der Waals surface area contributed by atoms with Crippen molar-refractivity contribution < 1.29 is 0 Å². The van der Waals surface area contributed by atoms with E-state index in [-0.39, 0.29) is 6.04 Å². The first kappa shape index (κ1) is 15.8. The van der Waals surface area contributed by atoms with E-state index in [2.05, 4.69) is 76.6 Å². The number of hydrogen-bond donors (Lipinski definition) is 1. The molecule has 0 unspecified atom stereocenters. The second-order valence-electron chi connectivity index (χ2n) is 5.89. The molecule has 0 radical (unpaired) electrons. The third kappa shape index (κ3) is 4.02. The minimum absolute atomic E-state index is 0.232. The maximum Gasteiger partial charge on any atom is 0.169 e. The first-order valence-corrected chi connectivity index (χ1v) is 8.55. The van der Waals surface area contributed by atoms with Crippen LogP contribution in [-0.2, 0) is 0 Å². The molecule has 2 aromatic rings. The van der Waals surface area contributed by atoms with E-state index in [0.717, 1.165) is 31.3 Å². The van der Waals surface area contributed by atoms with Gasteiger partial charge in [-0.2, -0.15) is 0 Å². The molecule has 1 atom stereocenters. The fourth-order valence-corrected chi connectivity index (χ4v) is 3.27. The van der Waals surface area contributed by atoms with Crippen molar-refractivity contribution in [1.82, 2.24) is 10.2 Å². The van der Waals surface area contributed by atoms with E-state index in [1.54, 1.807) is 0 Å². The maximum absolute atomic E-state index is 5.60. The highest BCUT2D eigenvalue weighted by molar-refractivity contribution is 7.80. The molecule has 120 valence electrons. The zero-order valence-corrected chi connectivity index (χ0v) is 14.3. The quantitative estimate of drug-likeness (QED) is 0.871. The highest BCUT2D eigenvalue weighted by Crippen LogP contribution is 2.16. The summed E-state index contributed by atoms with van der Waals surface area (Å²) in [4.78, 5) is 4.69.